The van der Waals surface area contributed by atoms with Crippen LogP contribution < -0.4 is 5.32 Å². The van der Waals surface area contributed by atoms with E-state index in [0.717, 1.165) is 24.2 Å². The van der Waals surface area contributed by atoms with Crippen LogP contribution in [0.15, 0.2) is 48.5 Å². The molecule has 0 aromatic heterocycles. The van der Waals surface area contributed by atoms with E-state index >= 15 is 0 Å². The summed E-state index contributed by atoms with van der Waals surface area (Å²) in [7, 11) is 0. The van der Waals surface area contributed by atoms with Crippen molar-refractivity contribution in [2.24, 2.45) is 0 Å². The summed E-state index contributed by atoms with van der Waals surface area (Å²) in [5.74, 6) is -0.349. The lowest BCUT2D eigenvalue weighted by Crippen LogP contribution is -2.52. The largest absolute Gasteiger partial charge is 0.378 e. The summed E-state index contributed by atoms with van der Waals surface area (Å²) in [6.45, 7) is 3.42. The maximum atomic E-state index is 13.4. The Morgan fingerprint density at radius 2 is 1.78 bits per heavy atom. The summed E-state index contributed by atoms with van der Waals surface area (Å²) in [6.07, 6.45) is 3.73. The zero-order valence-corrected chi connectivity index (χ0v) is 15.4. The third kappa shape index (κ3) is 4.20. The van der Waals surface area contributed by atoms with Crippen molar-refractivity contribution >= 4 is 5.91 Å². The first-order valence-corrected chi connectivity index (χ1v) is 9.69. The molecule has 27 heavy (non-hydrogen) atoms. The minimum Gasteiger partial charge on any atom is -0.378 e. The van der Waals surface area contributed by atoms with E-state index in [2.05, 4.69) is 10.2 Å². The standard InChI is InChI=1S/C22H25FN2O2/c23-19-6-4-5-18(13-19)16-7-9-17(10-8-16)22(26)24-20-14-27-15-21(20)25-11-2-1-3-12-25/h4-10,13,20-21H,1-3,11-12,14-15H2,(H,24,26)/t20-,21-/m0/s1. The lowest BCUT2D eigenvalue weighted by atomic mass is 10.0. The second kappa shape index (κ2) is 8.19. The Morgan fingerprint density at radius 3 is 2.52 bits per heavy atom. The molecule has 2 saturated heterocycles. The molecular formula is C22H25FN2O2. The predicted octanol–water partition coefficient (Wildman–Crippen LogP) is 3.48. The molecule has 1 N–H and O–H groups in total. The van der Waals surface area contributed by atoms with E-state index in [9.17, 15) is 9.18 Å². The van der Waals surface area contributed by atoms with E-state index in [0.29, 0.717) is 18.8 Å². The average Bonchev–Trinajstić information content (AvgIpc) is 3.17. The molecule has 0 saturated carbocycles. The summed E-state index contributed by atoms with van der Waals surface area (Å²) in [5, 5.41) is 3.15. The molecule has 4 nitrogen and oxygen atoms in total. The van der Waals surface area contributed by atoms with Gasteiger partial charge in [0.1, 0.15) is 5.82 Å². The number of hydrogen-bond donors (Lipinski definition) is 1. The van der Waals surface area contributed by atoms with Gasteiger partial charge in [0.2, 0.25) is 0 Å². The minimum absolute atomic E-state index is 0.0264. The van der Waals surface area contributed by atoms with Gasteiger partial charge in [-0.05, 0) is 61.3 Å². The van der Waals surface area contributed by atoms with Gasteiger partial charge in [0.25, 0.3) is 5.91 Å². The molecule has 2 aromatic carbocycles. The smallest absolute Gasteiger partial charge is 0.251 e. The van der Waals surface area contributed by atoms with Gasteiger partial charge in [-0.15, -0.1) is 0 Å². The molecule has 1 amide bonds. The van der Waals surface area contributed by atoms with Crippen LogP contribution in [-0.2, 0) is 4.74 Å². The lowest BCUT2D eigenvalue weighted by molar-refractivity contribution is 0.0900. The number of nitrogens with zero attached hydrogens (tertiary/aromatic N) is 1. The molecule has 2 aliphatic rings. The Hall–Kier alpha value is -2.24. The number of ether oxygens (including phenoxy) is 1. The van der Waals surface area contributed by atoms with E-state index in [1.165, 1.54) is 31.4 Å². The monoisotopic (exact) mass is 368 g/mol. The molecule has 2 fully saturated rings. The number of likely N-dealkylation sites (tertiary alicyclic amines) is 1. The van der Waals surface area contributed by atoms with Crippen LogP contribution in [0.3, 0.4) is 0 Å². The highest BCUT2D eigenvalue weighted by Gasteiger charge is 2.34. The predicted molar refractivity (Wildman–Crippen MR) is 103 cm³/mol. The Kier molecular flexibility index (Phi) is 5.50. The first-order chi connectivity index (χ1) is 13.2. The molecule has 4 rings (SSSR count). The molecule has 2 aliphatic heterocycles. The molecule has 0 aliphatic carbocycles. The van der Waals surface area contributed by atoms with Gasteiger partial charge in [0.05, 0.1) is 25.3 Å². The first-order valence-electron chi connectivity index (χ1n) is 9.69. The van der Waals surface area contributed by atoms with Crippen molar-refractivity contribution in [3.8, 4) is 11.1 Å². The Labute approximate surface area is 159 Å². The third-order valence-electron chi connectivity index (χ3n) is 5.53. The van der Waals surface area contributed by atoms with Crippen LogP contribution >= 0.6 is 0 Å². The average molecular weight is 368 g/mol. The molecule has 142 valence electrons. The van der Waals surface area contributed by atoms with Crippen molar-refractivity contribution in [1.29, 1.82) is 0 Å². The normalized spacial score (nSPS) is 23.3. The van der Waals surface area contributed by atoms with E-state index in [-0.39, 0.29) is 23.8 Å². The second-order valence-electron chi connectivity index (χ2n) is 7.37. The maximum Gasteiger partial charge on any atom is 0.251 e. The van der Waals surface area contributed by atoms with Crippen molar-refractivity contribution in [1.82, 2.24) is 10.2 Å². The van der Waals surface area contributed by atoms with Crippen molar-refractivity contribution in [3.05, 3.63) is 59.9 Å². The highest BCUT2D eigenvalue weighted by molar-refractivity contribution is 5.95. The number of amides is 1. The zero-order valence-electron chi connectivity index (χ0n) is 15.4. The quantitative estimate of drug-likeness (QED) is 0.898. The van der Waals surface area contributed by atoms with Crippen LogP contribution in [0.25, 0.3) is 11.1 Å². The number of rotatable bonds is 4. The van der Waals surface area contributed by atoms with Crippen LogP contribution in [0.1, 0.15) is 29.6 Å². The van der Waals surface area contributed by atoms with Crippen LogP contribution in [0, 0.1) is 5.82 Å². The zero-order chi connectivity index (χ0) is 18.6. The number of carbonyl (C=O) groups excluding carboxylic acids is 1. The lowest BCUT2D eigenvalue weighted by Gasteiger charge is -2.34. The van der Waals surface area contributed by atoms with Gasteiger partial charge in [-0.25, -0.2) is 4.39 Å². The molecule has 2 heterocycles. The fourth-order valence-electron chi connectivity index (χ4n) is 4.02. The van der Waals surface area contributed by atoms with E-state index < -0.39 is 0 Å². The molecule has 0 bridgehead atoms. The summed E-state index contributed by atoms with van der Waals surface area (Å²) in [4.78, 5) is 15.1. The summed E-state index contributed by atoms with van der Waals surface area (Å²) < 4.78 is 19.1. The number of piperidine rings is 1. The highest BCUT2D eigenvalue weighted by Crippen LogP contribution is 2.22. The number of benzene rings is 2. The first kappa shape index (κ1) is 18.1. The Bertz CT molecular complexity index is 787. The van der Waals surface area contributed by atoms with Gasteiger partial charge >= 0.3 is 0 Å². The van der Waals surface area contributed by atoms with E-state index in [1.54, 1.807) is 18.2 Å². The third-order valence-corrected chi connectivity index (χ3v) is 5.53. The molecule has 2 atom stereocenters. The number of carbonyl (C=O) groups is 1. The second-order valence-corrected chi connectivity index (χ2v) is 7.37. The van der Waals surface area contributed by atoms with Crippen LogP contribution in [0.5, 0.6) is 0 Å². The van der Waals surface area contributed by atoms with Crippen molar-refractivity contribution in [2.45, 2.75) is 31.3 Å². The van der Waals surface area contributed by atoms with Crippen LogP contribution in [-0.4, -0.2) is 49.2 Å². The Morgan fingerprint density at radius 1 is 1.00 bits per heavy atom. The van der Waals surface area contributed by atoms with Crippen molar-refractivity contribution in [3.63, 3.8) is 0 Å². The van der Waals surface area contributed by atoms with Gasteiger partial charge in [-0.1, -0.05) is 30.7 Å². The molecule has 0 unspecified atom stereocenters. The number of hydrogen-bond acceptors (Lipinski definition) is 3. The summed E-state index contributed by atoms with van der Waals surface area (Å²) in [5.41, 5.74) is 2.30. The van der Waals surface area contributed by atoms with E-state index in [1.807, 2.05) is 18.2 Å². The molecular weight excluding hydrogens is 343 g/mol. The summed E-state index contributed by atoms with van der Waals surface area (Å²) in [6, 6.07) is 14.1. The minimum atomic E-state index is -0.265. The van der Waals surface area contributed by atoms with Crippen molar-refractivity contribution in [2.75, 3.05) is 26.3 Å². The molecule has 0 radical (unpaired) electrons. The molecule has 2 aromatic rings. The van der Waals surface area contributed by atoms with Gasteiger partial charge in [-0.3, -0.25) is 9.69 Å². The van der Waals surface area contributed by atoms with Crippen LogP contribution in [0.4, 0.5) is 4.39 Å². The topological polar surface area (TPSA) is 41.6 Å². The molecule has 5 heteroatoms. The Balaban J connectivity index is 1.42. The fraction of sp³-hybridized carbons (Fsp3) is 0.409. The van der Waals surface area contributed by atoms with Crippen molar-refractivity contribution < 1.29 is 13.9 Å². The number of nitrogens with one attached hydrogen (secondary N) is 1. The summed E-state index contributed by atoms with van der Waals surface area (Å²) >= 11 is 0. The van der Waals surface area contributed by atoms with Gasteiger partial charge in [0, 0.05) is 5.56 Å². The SMILES string of the molecule is O=C(N[C@H]1COC[C@@H]1N1CCCCC1)c1ccc(-c2cccc(F)c2)cc1. The highest BCUT2D eigenvalue weighted by atomic mass is 19.1. The van der Waals surface area contributed by atoms with Gasteiger partial charge in [0.15, 0.2) is 0 Å². The van der Waals surface area contributed by atoms with Gasteiger partial charge < -0.3 is 10.1 Å². The maximum absolute atomic E-state index is 13.4. The molecule has 0 spiro atoms. The van der Waals surface area contributed by atoms with Crippen LogP contribution in [0.2, 0.25) is 0 Å². The van der Waals surface area contributed by atoms with E-state index in [4.69, 9.17) is 4.74 Å². The van der Waals surface area contributed by atoms with Gasteiger partial charge in [-0.2, -0.15) is 0 Å². The number of halogens is 1. The fourth-order valence-corrected chi connectivity index (χ4v) is 4.02.